The molecule has 0 saturated heterocycles. The fourth-order valence-corrected chi connectivity index (χ4v) is 2.18. The maximum absolute atomic E-state index is 11.8. The predicted molar refractivity (Wildman–Crippen MR) is 84.3 cm³/mol. The molecule has 3 heteroatoms. The normalized spacial score (nSPS) is 13.0. The summed E-state index contributed by atoms with van der Waals surface area (Å²) >= 11 is 0. The molecule has 0 amide bonds. The number of nitrogens with one attached hydrogen (secondary N) is 1. The van der Waals surface area contributed by atoms with Crippen LogP contribution in [0.3, 0.4) is 0 Å². The lowest BCUT2D eigenvalue weighted by Gasteiger charge is -2.16. The zero-order chi connectivity index (χ0) is 15.2. The summed E-state index contributed by atoms with van der Waals surface area (Å²) in [6.07, 6.45) is 1.43. The molecule has 106 valence electrons. The zero-order valence-corrected chi connectivity index (χ0v) is 12.1. The summed E-state index contributed by atoms with van der Waals surface area (Å²) in [6.45, 7) is 0. The van der Waals surface area contributed by atoms with Crippen molar-refractivity contribution in [3.05, 3.63) is 77.4 Å². The van der Waals surface area contributed by atoms with Gasteiger partial charge in [0.2, 0.25) is 11.6 Å². The van der Waals surface area contributed by atoms with Crippen LogP contribution in [-0.2, 0) is 4.79 Å². The third kappa shape index (κ3) is 3.15. The van der Waals surface area contributed by atoms with Crippen LogP contribution in [0.2, 0.25) is 0 Å². The molecule has 21 heavy (non-hydrogen) atoms. The van der Waals surface area contributed by atoms with Crippen LogP contribution in [0, 0.1) is 0 Å². The zero-order valence-electron chi connectivity index (χ0n) is 12.1. The molecule has 0 heterocycles. The SMILES string of the molecule is CNC.O=C1C=C(c2ccccc2)c2ccccc2C1=O. The van der Waals surface area contributed by atoms with Crippen molar-refractivity contribution in [1.82, 2.24) is 5.32 Å². The van der Waals surface area contributed by atoms with Crippen LogP contribution in [0.15, 0.2) is 60.7 Å². The molecule has 1 aliphatic rings. The van der Waals surface area contributed by atoms with E-state index in [-0.39, 0.29) is 0 Å². The third-order valence-electron chi connectivity index (χ3n) is 3.05. The van der Waals surface area contributed by atoms with Crippen molar-refractivity contribution in [2.45, 2.75) is 0 Å². The Kier molecular flexibility index (Phi) is 4.80. The number of fused-ring (bicyclic) bond motifs is 1. The van der Waals surface area contributed by atoms with E-state index >= 15 is 0 Å². The molecule has 3 nitrogen and oxygen atoms in total. The lowest BCUT2D eigenvalue weighted by Crippen LogP contribution is -2.18. The Morgan fingerprint density at radius 2 is 1.29 bits per heavy atom. The van der Waals surface area contributed by atoms with Crippen molar-refractivity contribution in [3.8, 4) is 0 Å². The first-order valence-electron chi connectivity index (χ1n) is 6.72. The van der Waals surface area contributed by atoms with Gasteiger partial charge in [0.1, 0.15) is 0 Å². The second-order valence-electron chi connectivity index (χ2n) is 4.66. The second-order valence-corrected chi connectivity index (χ2v) is 4.66. The molecule has 0 aliphatic heterocycles. The van der Waals surface area contributed by atoms with Gasteiger partial charge in [0.25, 0.3) is 0 Å². The van der Waals surface area contributed by atoms with Crippen LogP contribution in [-0.4, -0.2) is 25.7 Å². The van der Waals surface area contributed by atoms with Crippen LogP contribution in [0.1, 0.15) is 21.5 Å². The van der Waals surface area contributed by atoms with Gasteiger partial charge in [0.05, 0.1) is 0 Å². The average molecular weight is 279 g/mol. The molecular formula is C18H17NO2. The van der Waals surface area contributed by atoms with E-state index in [2.05, 4.69) is 5.32 Å². The molecule has 0 spiro atoms. The van der Waals surface area contributed by atoms with Crippen LogP contribution in [0.25, 0.3) is 5.57 Å². The predicted octanol–water partition coefficient (Wildman–Crippen LogP) is 2.72. The minimum atomic E-state index is -0.451. The van der Waals surface area contributed by atoms with Crippen molar-refractivity contribution in [3.63, 3.8) is 0 Å². The quantitative estimate of drug-likeness (QED) is 0.816. The molecule has 1 N–H and O–H groups in total. The molecule has 1 aliphatic carbocycles. The molecule has 2 aromatic rings. The summed E-state index contributed by atoms with van der Waals surface area (Å²) in [6, 6.07) is 16.9. The van der Waals surface area contributed by atoms with Gasteiger partial charge in [-0.1, -0.05) is 54.6 Å². The van der Waals surface area contributed by atoms with Gasteiger partial charge in [0.15, 0.2) is 0 Å². The number of hydrogen-bond acceptors (Lipinski definition) is 3. The molecule has 0 fully saturated rings. The molecule has 0 atom stereocenters. The lowest BCUT2D eigenvalue weighted by atomic mass is 9.86. The van der Waals surface area contributed by atoms with Crippen molar-refractivity contribution in [2.24, 2.45) is 0 Å². The highest BCUT2D eigenvalue weighted by Crippen LogP contribution is 2.30. The fraction of sp³-hybridized carbons (Fsp3) is 0.111. The standard InChI is InChI=1S/C16H10O2.C2H7N/c17-15-10-14(11-6-2-1-3-7-11)12-8-4-5-9-13(12)16(15)18;1-3-2/h1-10H;3H,1-2H3. The van der Waals surface area contributed by atoms with E-state index < -0.39 is 11.6 Å². The summed E-state index contributed by atoms with van der Waals surface area (Å²) < 4.78 is 0. The van der Waals surface area contributed by atoms with E-state index in [1.54, 1.807) is 12.1 Å². The van der Waals surface area contributed by atoms with Gasteiger partial charge in [-0.25, -0.2) is 0 Å². The molecule has 0 unspecified atom stereocenters. The van der Waals surface area contributed by atoms with Gasteiger partial charge in [0, 0.05) is 5.56 Å². The molecular weight excluding hydrogens is 262 g/mol. The van der Waals surface area contributed by atoms with Gasteiger partial charge in [-0.3, -0.25) is 9.59 Å². The smallest absolute Gasteiger partial charge is 0.233 e. The minimum absolute atomic E-state index is 0.426. The van der Waals surface area contributed by atoms with Gasteiger partial charge in [-0.2, -0.15) is 0 Å². The van der Waals surface area contributed by atoms with E-state index in [0.717, 1.165) is 16.7 Å². The van der Waals surface area contributed by atoms with Crippen molar-refractivity contribution >= 4 is 17.1 Å². The van der Waals surface area contributed by atoms with Gasteiger partial charge < -0.3 is 5.32 Å². The highest BCUT2D eigenvalue weighted by atomic mass is 16.2. The Balaban J connectivity index is 0.000000497. The van der Waals surface area contributed by atoms with Crippen molar-refractivity contribution in [1.29, 1.82) is 0 Å². The second kappa shape index (κ2) is 6.77. The number of hydrogen-bond donors (Lipinski definition) is 1. The number of ketones is 2. The van der Waals surface area contributed by atoms with Gasteiger partial charge in [-0.05, 0) is 36.9 Å². The first kappa shape index (κ1) is 14.9. The largest absolute Gasteiger partial charge is 0.323 e. The van der Waals surface area contributed by atoms with Gasteiger partial charge >= 0.3 is 0 Å². The number of rotatable bonds is 1. The molecule has 0 bridgehead atoms. The molecule has 3 rings (SSSR count). The highest BCUT2D eigenvalue weighted by molar-refractivity contribution is 6.51. The third-order valence-corrected chi connectivity index (χ3v) is 3.05. The average Bonchev–Trinajstić information content (AvgIpc) is 2.52. The van der Waals surface area contributed by atoms with Crippen LogP contribution < -0.4 is 5.32 Å². The first-order valence-corrected chi connectivity index (χ1v) is 6.72. The Labute approximate surface area is 124 Å². The molecule has 2 aromatic carbocycles. The summed E-state index contributed by atoms with van der Waals surface area (Å²) in [7, 11) is 3.75. The summed E-state index contributed by atoms with van der Waals surface area (Å²) in [5.41, 5.74) is 3.08. The monoisotopic (exact) mass is 279 g/mol. The van der Waals surface area contributed by atoms with E-state index in [0.29, 0.717) is 5.56 Å². The fourth-order valence-electron chi connectivity index (χ4n) is 2.18. The lowest BCUT2D eigenvalue weighted by molar-refractivity contribution is -0.111. The maximum atomic E-state index is 11.8. The topological polar surface area (TPSA) is 46.2 Å². The number of allylic oxidation sites excluding steroid dienone is 1. The highest BCUT2D eigenvalue weighted by Gasteiger charge is 2.25. The Morgan fingerprint density at radius 3 is 1.90 bits per heavy atom. The number of carbonyl (C=O) groups is 2. The van der Waals surface area contributed by atoms with Crippen LogP contribution in [0.5, 0.6) is 0 Å². The Bertz CT molecular complexity index is 687. The summed E-state index contributed by atoms with van der Waals surface area (Å²) in [4.78, 5) is 23.5. The minimum Gasteiger partial charge on any atom is -0.323 e. The Hall–Kier alpha value is -2.52. The number of Topliss-reactive ketones (excluding diaryl/α,β-unsaturated/α-hetero) is 1. The van der Waals surface area contributed by atoms with Crippen molar-refractivity contribution < 1.29 is 9.59 Å². The molecule has 0 saturated carbocycles. The van der Waals surface area contributed by atoms with E-state index in [1.165, 1.54) is 6.08 Å². The Morgan fingerprint density at radius 1 is 0.762 bits per heavy atom. The summed E-state index contributed by atoms with van der Waals surface area (Å²) in [5, 5.41) is 2.75. The van der Waals surface area contributed by atoms with E-state index in [4.69, 9.17) is 0 Å². The van der Waals surface area contributed by atoms with Crippen molar-refractivity contribution in [2.75, 3.05) is 14.1 Å². The summed E-state index contributed by atoms with van der Waals surface area (Å²) in [5.74, 6) is -0.877. The molecule has 0 aromatic heterocycles. The first-order chi connectivity index (χ1) is 10.2. The van der Waals surface area contributed by atoms with Gasteiger partial charge in [-0.15, -0.1) is 0 Å². The molecule has 0 radical (unpaired) electrons. The number of carbonyl (C=O) groups excluding carboxylic acids is 2. The van der Waals surface area contributed by atoms with Crippen LogP contribution >= 0.6 is 0 Å². The van der Waals surface area contributed by atoms with E-state index in [9.17, 15) is 9.59 Å². The van der Waals surface area contributed by atoms with Crippen LogP contribution in [0.4, 0.5) is 0 Å². The maximum Gasteiger partial charge on any atom is 0.233 e. The number of benzene rings is 2. The van der Waals surface area contributed by atoms with E-state index in [1.807, 2.05) is 56.6 Å².